The van der Waals surface area contributed by atoms with Crippen LogP contribution in [0.15, 0.2) is 30.5 Å². The van der Waals surface area contributed by atoms with Crippen molar-refractivity contribution in [2.45, 2.75) is 25.4 Å². The zero-order chi connectivity index (χ0) is 20.4. The predicted molar refractivity (Wildman–Crippen MR) is 78.9 cm³/mol. The Hall–Kier alpha value is -2.69. The molecule has 2 heterocycles. The van der Waals surface area contributed by atoms with E-state index in [1.165, 1.54) is 0 Å². The molecule has 0 radical (unpaired) electrons. The number of hydrogen-bond donors (Lipinski definition) is 2. The molecule has 0 saturated heterocycles. The first-order valence-electron chi connectivity index (χ1n) is 7.25. The fraction of sp³-hybridized carbons (Fsp3) is 0.250. The molecule has 0 saturated carbocycles. The number of alkyl halides is 6. The number of benzene rings is 1. The third kappa shape index (κ3) is 5.16. The van der Waals surface area contributed by atoms with Crippen LogP contribution in [0.1, 0.15) is 16.8 Å². The maximum absolute atomic E-state index is 13.3. The molecule has 146 valence electrons. The molecular weight excluding hydrogens is 385 g/mol. The molecule has 1 aromatic carbocycles. The van der Waals surface area contributed by atoms with Crippen LogP contribution in [0.2, 0.25) is 0 Å². The summed E-state index contributed by atoms with van der Waals surface area (Å²) in [5.74, 6) is -3.54. The van der Waals surface area contributed by atoms with Crippen molar-refractivity contribution in [1.82, 2.24) is 10.3 Å². The van der Waals surface area contributed by atoms with E-state index in [9.17, 15) is 30.7 Å². The van der Waals surface area contributed by atoms with E-state index in [0.717, 1.165) is 17.2 Å². The van der Waals surface area contributed by atoms with Crippen LogP contribution in [0.4, 0.5) is 30.7 Å². The highest BCUT2D eigenvalue weighted by atomic mass is 19.4. The minimum absolute atomic E-state index is 0.229. The van der Waals surface area contributed by atoms with Crippen molar-refractivity contribution in [2.75, 3.05) is 0 Å². The number of carbonyl (C=O) groups is 1. The first kappa shape index (κ1) is 20.6. The Morgan fingerprint density at radius 3 is 2.19 bits per heavy atom. The number of halogens is 7. The highest BCUT2D eigenvalue weighted by Gasteiger charge is 2.38. The number of nitrogens with one attached hydrogen (secondary N) is 1. The van der Waals surface area contributed by atoms with E-state index < -0.39 is 29.8 Å². The first-order chi connectivity index (χ1) is 12.4. The van der Waals surface area contributed by atoms with E-state index in [1.54, 1.807) is 18.2 Å². The Morgan fingerprint density at radius 2 is 1.63 bits per heavy atom. The van der Waals surface area contributed by atoms with Crippen molar-refractivity contribution in [3.05, 3.63) is 53.1 Å². The number of carboxylic acids is 1. The second-order valence-electron chi connectivity index (χ2n) is 5.44. The zero-order valence-corrected chi connectivity index (χ0v) is 13.2. The lowest BCUT2D eigenvalue weighted by atomic mass is 9.99. The predicted octanol–water partition coefficient (Wildman–Crippen LogP) is 4.14. The van der Waals surface area contributed by atoms with Crippen LogP contribution in [-0.2, 0) is 24.1 Å². The van der Waals surface area contributed by atoms with Gasteiger partial charge >= 0.3 is 18.3 Å². The first-order valence-corrected chi connectivity index (χ1v) is 7.25. The van der Waals surface area contributed by atoms with Crippen molar-refractivity contribution >= 4 is 5.97 Å². The molecule has 0 bridgehead atoms. The van der Waals surface area contributed by atoms with Gasteiger partial charge in [0, 0.05) is 18.7 Å². The normalized spacial score (nSPS) is 13.6. The number of nitrogens with zero attached hydrogens (tertiary/aromatic N) is 1. The molecule has 0 atom stereocenters. The highest BCUT2D eigenvalue weighted by molar-refractivity contribution is 5.73. The maximum Gasteiger partial charge on any atom is 0.490 e. The molecule has 27 heavy (non-hydrogen) atoms. The zero-order valence-electron chi connectivity index (χ0n) is 13.2. The standard InChI is InChI=1S/C14H10F4N2.C2HF3O2/c15-11-4-12(13(20-7-11)14(16,17)18)8-1-2-9-5-19-6-10(9)3-8;3-2(4,5)1(6)7/h1-4,7,19H,5-6H2;(H,6,7). The Labute approximate surface area is 147 Å². The molecule has 0 amide bonds. The van der Waals surface area contributed by atoms with Crippen LogP contribution in [0.3, 0.4) is 0 Å². The van der Waals surface area contributed by atoms with Crippen molar-refractivity contribution in [2.24, 2.45) is 0 Å². The van der Waals surface area contributed by atoms with Gasteiger partial charge in [-0.1, -0.05) is 12.1 Å². The average molecular weight is 396 g/mol. The molecule has 1 aliphatic rings. The summed E-state index contributed by atoms with van der Waals surface area (Å²) >= 11 is 0. The van der Waals surface area contributed by atoms with E-state index in [-0.39, 0.29) is 5.56 Å². The average Bonchev–Trinajstić information content (AvgIpc) is 3.00. The third-order valence-electron chi connectivity index (χ3n) is 3.51. The molecule has 4 nitrogen and oxygen atoms in total. The topological polar surface area (TPSA) is 62.2 Å². The lowest BCUT2D eigenvalue weighted by molar-refractivity contribution is -0.192. The molecule has 2 aromatic rings. The summed E-state index contributed by atoms with van der Waals surface area (Å²) in [6, 6.07) is 5.86. The number of carboxylic acid groups (broad SMARTS) is 1. The van der Waals surface area contributed by atoms with Gasteiger partial charge in [-0.25, -0.2) is 14.2 Å². The second-order valence-corrected chi connectivity index (χ2v) is 5.44. The number of aliphatic carboxylic acids is 1. The van der Waals surface area contributed by atoms with Gasteiger partial charge in [0.1, 0.15) is 5.82 Å². The summed E-state index contributed by atoms with van der Waals surface area (Å²) < 4.78 is 83.8. The van der Waals surface area contributed by atoms with Gasteiger partial charge in [-0.15, -0.1) is 0 Å². The Kier molecular flexibility index (Phi) is 5.73. The summed E-state index contributed by atoms with van der Waals surface area (Å²) in [5.41, 5.74) is 1.01. The number of rotatable bonds is 1. The summed E-state index contributed by atoms with van der Waals surface area (Å²) in [5, 5.41) is 10.2. The van der Waals surface area contributed by atoms with Crippen LogP contribution in [0.25, 0.3) is 11.1 Å². The molecule has 0 unspecified atom stereocenters. The van der Waals surface area contributed by atoms with E-state index in [0.29, 0.717) is 24.8 Å². The Bertz CT molecular complexity index is 848. The van der Waals surface area contributed by atoms with Gasteiger partial charge in [0.2, 0.25) is 0 Å². The van der Waals surface area contributed by atoms with Gasteiger partial charge in [0.15, 0.2) is 5.69 Å². The second kappa shape index (κ2) is 7.51. The minimum Gasteiger partial charge on any atom is -0.475 e. The number of fused-ring (bicyclic) bond motifs is 1. The quantitative estimate of drug-likeness (QED) is 0.712. The summed E-state index contributed by atoms with van der Waals surface area (Å²) in [7, 11) is 0. The van der Waals surface area contributed by atoms with Gasteiger partial charge in [-0.2, -0.15) is 26.3 Å². The minimum atomic E-state index is -5.08. The SMILES string of the molecule is Fc1cnc(C(F)(F)F)c(-c2ccc3c(c2)CNC3)c1.O=C(O)C(F)(F)F. The van der Waals surface area contributed by atoms with Crippen LogP contribution < -0.4 is 5.32 Å². The van der Waals surface area contributed by atoms with Gasteiger partial charge in [-0.3, -0.25) is 0 Å². The molecule has 0 fully saturated rings. The van der Waals surface area contributed by atoms with E-state index in [4.69, 9.17) is 9.90 Å². The lowest BCUT2D eigenvalue weighted by Crippen LogP contribution is -2.21. The van der Waals surface area contributed by atoms with Crippen LogP contribution >= 0.6 is 0 Å². The Morgan fingerprint density at radius 1 is 1.04 bits per heavy atom. The van der Waals surface area contributed by atoms with Crippen molar-refractivity contribution < 1.29 is 40.6 Å². The van der Waals surface area contributed by atoms with Gasteiger partial charge < -0.3 is 10.4 Å². The lowest BCUT2D eigenvalue weighted by Gasteiger charge is -2.12. The molecule has 11 heteroatoms. The van der Waals surface area contributed by atoms with Crippen LogP contribution in [0, 0.1) is 5.82 Å². The highest BCUT2D eigenvalue weighted by Crippen LogP contribution is 2.36. The number of hydrogen-bond acceptors (Lipinski definition) is 3. The van der Waals surface area contributed by atoms with Crippen LogP contribution in [-0.4, -0.2) is 22.2 Å². The fourth-order valence-corrected chi connectivity index (χ4v) is 2.35. The smallest absolute Gasteiger partial charge is 0.475 e. The number of aromatic nitrogens is 1. The summed E-state index contributed by atoms with van der Waals surface area (Å²) in [6.45, 7) is 1.30. The molecule has 1 aromatic heterocycles. The van der Waals surface area contributed by atoms with Gasteiger partial charge in [-0.05, 0) is 28.8 Å². The van der Waals surface area contributed by atoms with Crippen molar-refractivity contribution in [3.63, 3.8) is 0 Å². The summed E-state index contributed by atoms with van der Waals surface area (Å²) in [6.07, 6.45) is -9.11. The van der Waals surface area contributed by atoms with E-state index in [1.807, 2.05) is 0 Å². The van der Waals surface area contributed by atoms with Gasteiger partial charge in [0.05, 0.1) is 6.20 Å². The molecule has 1 aliphatic heterocycles. The number of pyridine rings is 1. The van der Waals surface area contributed by atoms with E-state index in [2.05, 4.69) is 10.3 Å². The van der Waals surface area contributed by atoms with Crippen molar-refractivity contribution in [3.8, 4) is 11.1 Å². The summed E-state index contributed by atoms with van der Waals surface area (Å²) in [4.78, 5) is 12.1. The Balaban J connectivity index is 0.000000321. The third-order valence-corrected chi connectivity index (χ3v) is 3.51. The monoisotopic (exact) mass is 396 g/mol. The van der Waals surface area contributed by atoms with E-state index >= 15 is 0 Å². The molecular formula is C16H11F7N2O2. The molecule has 2 N–H and O–H groups in total. The largest absolute Gasteiger partial charge is 0.490 e. The fourth-order valence-electron chi connectivity index (χ4n) is 2.35. The van der Waals surface area contributed by atoms with Gasteiger partial charge in [0.25, 0.3) is 0 Å². The molecule has 0 spiro atoms. The van der Waals surface area contributed by atoms with Crippen molar-refractivity contribution in [1.29, 1.82) is 0 Å². The molecule has 0 aliphatic carbocycles. The molecule has 3 rings (SSSR count). The van der Waals surface area contributed by atoms with Crippen LogP contribution in [0.5, 0.6) is 0 Å². The maximum atomic E-state index is 13.3.